The second-order valence-corrected chi connectivity index (χ2v) is 3.46. The Morgan fingerprint density at radius 3 is 3.07 bits per heavy atom. The number of fused-ring (bicyclic) bond motifs is 1. The number of benzene rings is 1. The molecule has 0 aliphatic heterocycles. The molecule has 0 bridgehead atoms. The van der Waals surface area contributed by atoms with Crippen LogP contribution in [-0.2, 0) is 4.74 Å². The fraction of sp³-hybridized carbons (Fsp3) is 0.250. The van der Waals surface area contributed by atoms with E-state index in [0.717, 1.165) is 17.5 Å². The van der Waals surface area contributed by atoms with Gasteiger partial charge in [-0.05, 0) is 17.5 Å². The molecule has 0 heterocycles. The maximum Gasteiger partial charge on any atom is 0.407 e. The molecule has 0 saturated heterocycles. The third-order valence-corrected chi connectivity index (χ3v) is 2.52. The van der Waals surface area contributed by atoms with Crippen molar-refractivity contribution in [3.05, 3.63) is 41.5 Å². The van der Waals surface area contributed by atoms with Crippen LogP contribution in [0.15, 0.2) is 30.3 Å². The Kier molecular flexibility index (Phi) is 2.72. The van der Waals surface area contributed by atoms with E-state index in [1.165, 1.54) is 7.11 Å². The number of carbonyl (C=O) groups excluding carboxylic acids is 1. The first-order chi connectivity index (χ1) is 7.31. The Bertz CT molecular complexity index is 398. The summed E-state index contributed by atoms with van der Waals surface area (Å²) in [5, 5.41) is 2.81. The van der Waals surface area contributed by atoms with Crippen molar-refractivity contribution >= 4 is 12.2 Å². The highest BCUT2D eigenvalue weighted by atomic mass is 16.5. The first-order valence-corrected chi connectivity index (χ1v) is 4.91. The van der Waals surface area contributed by atoms with Crippen molar-refractivity contribution in [2.45, 2.75) is 12.5 Å². The Morgan fingerprint density at radius 2 is 2.27 bits per heavy atom. The van der Waals surface area contributed by atoms with Gasteiger partial charge < -0.3 is 10.1 Å². The van der Waals surface area contributed by atoms with E-state index in [-0.39, 0.29) is 12.1 Å². The zero-order chi connectivity index (χ0) is 10.7. The lowest BCUT2D eigenvalue weighted by Gasteiger charge is -2.22. The Morgan fingerprint density at radius 1 is 1.47 bits per heavy atom. The van der Waals surface area contributed by atoms with Gasteiger partial charge in [-0.15, -0.1) is 0 Å². The zero-order valence-corrected chi connectivity index (χ0v) is 8.57. The van der Waals surface area contributed by atoms with Gasteiger partial charge in [0.05, 0.1) is 13.2 Å². The molecule has 1 aromatic carbocycles. The van der Waals surface area contributed by atoms with Gasteiger partial charge in [-0.25, -0.2) is 4.79 Å². The highest BCUT2D eigenvalue weighted by Crippen LogP contribution is 2.27. The average Bonchev–Trinajstić information content (AvgIpc) is 2.29. The van der Waals surface area contributed by atoms with Gasteiger partial charge >= 0.3 is 6.09 Å². The van der Waals surface area contributed by atoms with Crippen LogP contribution >= 0.6 is 0 Å². The van der Waals surface area contributed by atoms with Gasteiger partial charge in [0.2, 0.25) is 0 Å². The summed E-state index contributed by atoms with van der Waals surface area (Å²) in [4.78, 5) is 11.1. The molecule has 15 heavy (non-hydrogen) atoms. The lowest BCUT2D eigenvalue weighted by atomic mass is 9.93. The van der Waals surface area contributed by atoms with Gasteiger partial charge in [-0.1, -0.05) is 36.4 Å². The van der Waals surface area contributed by atoms with Crippen molar-refractivity contribution in [1.29, 1.82) is 0 Å². The van der Waals surface area contributed by atoms with Crippen LogP contribution < -0.4 is 5.32 Å². The zero-order valence-electron chi connectivity index (χ0n) is 8.57. The minimum atomic E-state index is -0.384. The molecular weight excluding hydrogens is 190 g/mol. The summed E-state index contributed by atoms with van der Waals surface area (Å²) < 4.78 is 4.59. The van der Waals surface area contributed by atoms with Gasteiger partial charge in [-0.3, -0.25) is 0 Å². The summed E-state index contributed by atoms with van der Waals surface area (Å²) in [5.74, 6) is 0. The van der Waals surface area contributed by atoms with E-state index in [1.54, 1.807) is 0 Å². The van der Waals surface area contributed by atoms with Crippen LogP contribution in [0, 0.1) is 0 Å². The first-order valence-electron chi connectivity index (χ1n) is 4.91. The van der Waals surface area contributed by atoms with Crippen LogP contribution in [-0.4, -0.2) is 13.2 Å². The van der Waals surface area contributed by atoms with E-state index >= 15 is 0 Å². The van der Waals surface area contributed by atoms with Crippen LogP contribution in [0.4, 0.5) is 4.79 Å². The minimum absolute atomic E-state index is 0.0265. The normalized spacial score (nSPS) is 18.1. The second kappa shape index (κ2) is 4.17. The highest BCUT2D eigenvalue weighted by molar-refractivity contribution is 5.69. The quantitative estimate of drug-likeness (QED) is 0.761. The number of nitrogens with one attached hydrogen (secondary N) is 1. The molecule has 0 spiro atoms. The van der Waals surface area contributed by atoms with Crippen LogP contribution in [0.5, 0.6) is 0 Å². The molecule has 1 N–H and O–H groups in total. The number of hydrogen-bond donors (Lipinski definition) is 1. The van der Waals surface area contributed by atoms with E-state index < -0.39 is 0 Å². The summed E-state index contributed by atoms with van der Waals surface area (Å²) >= 11 is 0. The molecular formula is C12H13NO2. The molecule has 1 aliphatic carbocycles. The monoisotopic (exact) mass is 203 g/mol. The first kappa shape index (κ1) is 9.77. The number of ether oxygens (including phenoxy) is 1. The third-order valence-electron chi connectivity index (χ3n) is 2.52. The van der Waals surface area contributed by atoms with Gasteiger partial charge in [0.15, 0.2) is 0 Å². The Hall–Kier alpha value is -1.77. The molecule has 1 aliphatic rings. The van der Waals surface area contributed by atoms with Crippen molar-refractivity contribution in [3.63, 3.8) is 0 Å². The molecule has 3 nitrogen and oxygen atoms in total. The molecule has 0 unspecified atom stereocenters. The molecule has 3 heteroatoms. The number of methoxy groups -OCH3 is 1. The van der Waals surface area contributed by atoms with Crippen molar-refractivity contribution in [2.24, 2.45) is 0 Å². The van der Waals surface area contributed by atoms with E-state index in [0.29, 0.717) is 0 Å². The number of carbonyl (C=O) groups is 1. The summed E-state index contributed by atoms with van der Waals surface area (Å²) in [6.45, 7) is 0. The van der Waals surface area contributed by atoms with Crippen LogP contribution in [0.3, 0.4) is 0 Å². The lowest BCUT2D eigenvalue weighted by Crippen LogP contribution is -2.29. The molecule has 1 atom stereocenters. The number of rotatable bonds is 1. The second-order valence-electron chi connectivity index (χ2n) is 3.46. The molecule has 0 saturated carbocycles. The molecule has 0 fully saturated rings. The molecule has 0 radical (unpaired) electrons. The van der Waals surface area contributed by atoms with Gasteiger partial charge in [-0.2, -0.15) is 0 Å². The maximum atomic E-state index is 11.1. The van der Waals surface area contributed by atoms with Crippen molar-refractivity contribution < 1.29 is 9.53 Å². The molecule has 78 valence electrons. The highest BCUT2D eigenvalue weighted by Gasteiger charge is 2.18. The number of hydrogen-bond acceptors (Lipinski definition) is 2. The molecule has 0 aromatic heterocycles. The summed E-state index contributed by atoms with van der Waals surface area (Å²) in [5.41, 5.74) is 2.30. The lowest BCUT2D eigenvalue weighted by molar-refractivity contribution is 0.166. The average molecular weight is 203 g/mol. The molecule has 2 rings (SSSR count). The molecule has 1 amide bonds. The van der Waals surface area contributed by atoms with Gasteiger partial charge in [0.1, 0.15) is 0 Å². The fourth-order valence-corrected chi connectivity index (χ4v) is 1.78. The van der Waals surface area contributed by atoms with Crippen molar-refractivity contribution in [1.82, 2.24) is 5.32 Å². The predicted octanol–water partition coefficient (Wildman–Crippen LogP) is 2.50. The van der Waals surface area contributed by atoms with E-state index in [1.807, 2.05) is 24.3 Å². The van der Waals surface area contributed by atoms with Crippen LogP contribution in [0.2, 0.25) is 0 Å². The SMILES string of the molecule is COC(=O)N[C@H]1CC=Cc2ccccc21. The van der Waals surface area contributed by atoms with E-state index in [4.69, 9.17) is 0 Å². The van der Waals surface area contributed by atoms with Gasteiger partial charge in [0.25, 0.3) is 0 Å². The van der Waals surface area contributed by atoms with Crippen molar-refractivity contribution in [2.75, 3.05) is 7.11 Å². The maximum absolute atomic E-state index is 11.1. The number of alkyl carbamates (subject to hydrolysis) is 1. The van der Waals surface area contributed by atoms with Crippen LogP contribution in [0.1, 0.15) is 23.6 Å². The Balaban J connectivity index is 2.22. The van der Waals surface area contributed by atoms with E-state index in [9.17, 15) is 4.79 Å². The van der Waals surface area contributed by atoms with E-state index in [2.05, 4.69) is 22.2 Å². The Labute approximate surface area is 88.8 Å². The summed E-state index contributed by atoms with van der Waals surface area (Å²) in [7, 11) is 1.37. The summed E-state index contributed by atoms with van der Waals surface area (Å²) in [6, 6.07) is 8.06. The fourth-order valence-electron chi connectivity index (χ4n) is 1.78. The number of amides is 1. The standard InChI is InChI=1S/C12H13NO2/c1-15-12(14)13-11-8-4-6-9-5-2-3-7-10(9)11/h2-7,11H,8H2,1H3,(H,13,14)/t11-/m0/s1. The third kappa shape index (κ3) is 2.01. The predicted molar refractivity (Wildman–Crippen MR) is 58.4 cm³/mol. The van der Waals surface area contributed by atoms with Gasteiger partial charge in [0, 0.05) is 0 Å². The summed E-state index contributed by atoms with van der Waals surface area (Å²) in [6.07, 6.45) is 4.56. The molecule has 1 aromatic rings. The smallest absolute Gasteiger partial charge is 0.407 e. The minimum Gasteiger partial charge on any atom is -0.453 e. The van der Waals surface area contributed by atoms with Crippen LogP contribution in [0.25, 0.3) is 6.08 Å². The topological polar surface area (TPSA) is 38.3 Å². The largest absolute Gasteiger partial charge is 0.453 e. The van der Waals surface area contributed by atoms with Crippen molar-refractivity contribution in [3.8, 4) is 0 Å².